The summed E-state index contributed by atoms with van der Waals surface area (Å²) >= 11 is 0. The summed E-state index contributed by atoms with van der Waals surface area (Å²) in [7, 11) is 0. The molecule has 0 saturated heterocycles. The van der Waals surface area contributed by atoms with Crippen molar-refractivity contribution in [2.45, 2.75) is 25.9 Å². The van der Waals surface area contributed by atoms with Crippen LogP contribution in [0.3, 0.4) is 0 Å². The van der Waals surface area contributed by atoms with E-state index < -0.39 is 23.8 Å². The zero-order valence-corrected chi connectivity index (χ0v) is 11.0. The number of rotatable bonds is 7. The van der Waals surface area contributed by atoms with E-state index in [1.54, 1.807) is 0 Å². The van der Waals surface area contributed by atoms with E-state index >= 15 is 0 Å². The Labute approximate surface area is 110 Å². The average Bonchev–Trinajstić information content (AvgIpc) is 2.36. The Kier molecular flexibility index (Phi) is 5.44. The Balaban J connectivity index is 2.82. The molecule has 0 aromatic carbocycles. The van der Waals surface area contributed by atoms with Crippen LogP contribution >= 0.6 is 0 Å². The fourth-order valence-corrected chi connectivity index (χ4v) is 1.29. The Morgan fingerprint density at radius 2 is 1.84 bits per heavy atom. The van der Waals surface area contributed by atoms with Gasteiger partial charge in [0.1, 0.15) is 5.60 Å². The molecule has 7 heteroatoms. The lowest BCUT2D eigenvalue weighted by Crippen LogP contribution is -2.37. The normalized spacial score (nSPS) is 14.0. The molecular weight excluding hydrogens is 256 g/mol. The third-order valence-electron chi connectivity index (χ3n) is 2.45. The van der Waals surface area contributed by atoms with E-state index in [9.17, 15) is 13.9 Å². The smallest absolute Gasteiger partial charge is 0.168 e. The highest BCUT2D eigenvalue weighted by molar-refractivity contribution is 5.47. The van der Waals surface area contributed by atoms with Gasteiger partial charge in [0.05, 0.1) is 6.61 Å². The number of nitrogens with zero attached hydrogens (tertiary/aromatic N) is 1. The minimum absolute atomic E-state index is 0.0469. The van der Waals surface area contributed by atoms with Crippen molar-refractivity contribution in [2.75, 3.05) is 30.3 Å². The summed E-state index contributed by atoms with van der Waals surface area (Å²) in [5, 5.41) is 23.8. The van der Waals surface area contributed by atoms with Crippen LogP contribution in [0.4, 0.5) is 20.4 Å². The topological polar surface area (TPSA) is 77.4 Å². The number of aromatic nitrogens is 1. The Morgan fingerprint density at radius 1 is 1.26 bits per heavy atom. The summed E-state index contributed by atoms with van der Waals surface area (Å²) in [4.78, 5) is 3.78. The van der Waals surface area contributed by atoms with Crippen LogP contribution in [0.25, 0.3) is 0 Å². The molecule has 0 aliphatic heterocycles. The Morgan fingerprint density at radius 3 is 2.37 bits per heavy atom. The van der Waals surface area contributed by atoms with Gasteiger partial charge in [0.25, 0.3) is 0 Å². The van der Waals surface area contributed by atoms with Gasteiger partial charge in [-0.05, 0) is 13.3 Å². The number of hydrogen-bond donors (Lipinski definition) is 4. The first-order chi connectivity index (χ1) is 8.89. The average molecular weight is 275 g/mol. The van der Waals surface area contributed by atoms with Gasteiger partial charge in [0.2, 0.25) is 0 Å². The zero-order chi connectivity index (χ0) is 14.5. The predicted octanol–water partition coefficient (Wildman–Crippen LogP) is 1.34. The van der Waals surface area contributed by atoms with Crippen LogP contribution in [0.2, 0.25) is 0 Å². The Bertz CT molecular complexity index is 428. The molecule has 1 aromatic rings. The zero-order valence-electron chi connectivity index (χ0n) is 11.0. The quantitative estimate of drug-likeness (QED) is 0.604. The molecule has 19 heavy (non-hydrogen) atoms. The van der Waals surface area contributed by atoms with E-state index in [1.807, 2.05) is 6.92 Å². The number of halogens is 2. The first kappa shape index (κ1) is 15.6. The standard InChI is InChI=1S/C12H19F2N3O2/c1-3-4-15-10-8(13)5-9(14)11(17-10)16-6-12(2,19)7-18/h5,18-19H,3-4,6-7H2,1-2H3,(H2,15,16,17). The highest BCUT2D eigenvalue weighted by Gasteiger charge is 2.20. The number of anilines is 2. The second kappa shape index (κ2) is 6.63. The summed E-state index contributed by atoms with van der Waals surface area (Å²) in [5.74, 6) is -1.85. The number of pyridine rings is 1. The first-order valence-corrected chi connectivity index (χ1v) is 6.06. The van der Waals surface area contributed by atoms with Gasteiger partial charge in [-0.15, -0.1) is 0 Å². The lowest BCUT2D eigenvalue weighted by atomic mass is 10.1. The monoisotopic (exact) mass is 275 g/mol. The lowest BCUT2D eigenvalue weighted by Gasteiger charge is -2.21. The van der Waals surface area contributed by atoms with Crippen molar-refractivity contribution in [1.29, 1.82) is 0 Å². The minimum Gasteiger partial charge on any atom is -0.393 e. The molecule has 1 heterocycles. The highest BCUT2D eigenvalue weighted by Crippen LogP contribution is 2.19. The molecule has 1 atom stereocenters. The number of nitrogens with one attached hydrogen (secondary N) is 2. The van der Waals surface area contributed by atoms with E-state index in [-0.39, 0.29) is 18.2 Å². The van der Waals surface area contributed by atoms with E-state index in [2.05, 4.69) is 15.6 Å². The molecule has 0 fully saturated rings. The van der Waals surface area contributed by atoms with E-state index in [4.69, 9.17) is 5.11 Å². The van der Waals surface area contributed by atoms with Crippen LogP contribution in [-0.4, -0.2) is 40.5 Å². The van der Waals surface area contributed by atoms with Crippen LogP contribution < -0.4 is 10.6 Å². The predicted molar refractivity (Wildman–Crippen MR) is 69.1 cm³/mol. The van der Waals surface area contributed by atoms with Crippen LogP contribution in [-0.2, 0) is 0 Å². The summed E-state index contributed by atoms with van der Waals surface area (Å²) in [6.45, 7) is 3.23. The number of hydrogen-bond acceptors (Lipinski definition) is 5. The van der Waals surface area contributed by atoms with Gasteiger partial charge < -0.3 is 20.8 Å². The molecular formula is C12H19F2N3O2. The number of aliphatic hydroxyl groups is 2. The molecule has 0 bridgehead atoms. The molecule has 1 unspecified atom stereocenters. The van der Waals surface area contributed by atoms with Gasteiger partial charge in [-0.25, -0.2) is 13.8 Å². The summed E-state index contributed by atoms with van der Waals surface area (Å²) in [6.07, 6.45) is 0.778. The second-order valence-electron chi connectivity index (χ2n) is 4.58. The van der Waals surface area contributed by atoms with Gasteiger partial charge in [-0.2, -0.15) is 0 Å². The molecule has 0 aliphatic carbocycles. The van der Waals surface area contributed by atoms with Crippen LogP contribution in [0.1, 0.15) is 20.3 Å². The second-order valence-corrected chi connectivity index (χ2v) is 4.58. The summed E-state index contributed by atoms with van der Waals surface area (Å²) in [5.41, 5.74) is -1.40. The molecule has 0 saturated carbocycles. The van der Waals surface area contributed by atoms with Gasteiger partial charge in [0, 0.05) is 19.2 Å². The van der Waals surface area contributed by atoms with Crippen molar-refractivity contribution in [3.63, 3.8) is 0 Å². The molecule has 108 valence electrons. The molecule has 4 N–H and O–H groups in total. The SMILES string of the molecule is CCCNc1nc(NCC(C)(O)CO)c(F)cc1F. The fraction of sp³-hybridized carbons (Fsp3) is 0.583. The summed E-state index contributed by atoms with van der Waals surface area (Å²) < 4.78 is 26.9. The van der Waals surface area contributed by atoms with E-state index in [0.29, 0.717) is 6.54 Å². The van der Waals surface area contributed by atoms with Gasteiger partial charge in [0.15, 0.2) is 23.3 Å². The molecule has 0 spiro atoms. The van der Waals surface area contributed by atoms with Crippen molar-refractivity contribution >= 4 is 11.6 Å². The van der Waals surface area contributed by atoms with E-state index in [1.165, 1.54) is 6.92 Å². The van der Waals surface area contributed by atoms with Gasteiger partial charge in [-0.1, -0.05) is 6.92 Å². The van der Waals surface area contributed by atoms with E-state index in [0.717, 1.165) is 12.5 Å². The molecule has 1 rings (SSSR count). The van der Waals surface area contributed by atoms with Crippen molar-refractivity contribution in [1.82, 2.24) is 4.98 Å². The van der Waals surface area contributed by atoms with Crippen molar-refractivity contribution in [2.24, 2.45) is 0 Å². The maximum Gasteiger partial charge on any atom is 0.168 e. The summed E-state index contributed by atoms with van der Waals surface area (Å²) in [6, 6.07) is 0.723. The molecule has 0 amide bonds. The third kappa shape index (κ3) is 4.60. The molecule has 0 radical (unpaired) electrons. The van der Waals surface area contributed by atoms with Gasteiger partial charge in [-0.3, -0.25) is 0 Å². The molecule has 0 aliphatic rings. The lowest BCUT2D eigenvalue weighted by molar-refractivity contribution is 0.0131. The highest BCUT2D eigenvalue weighted by atomic mass is 19.1. The minimum atomic E-state index is -1.40. The van der Waals surface area contributed by atoms with Crippen molar-refractivity contribution in [3.05, 3.63) is 17.7 Å². The number of aliphatic hydroxyl groups excluding tert-OH is 1. The van der Waals surface area contributed by atoms with Gasteiger partial charge >= 0.3 is 0 Å². The van der Waals surface area contributed by atoms with Crippen LogP contribution in [0.15, 0.2) is 6.07 Å². The third-order valence-corrected chi connectivity index (χ3v) is 2.45. The largest absolute Gasteiger partial charge is 0.393 e. The maximum atomic E-state index is 13.5. The first-order valence-electron chi connectivity index (χ1n) is 6.06. The fourth-order valence-electron chi connectivity index (χ4n) is 1.29. The van der Waals surface area contributed by atoms with Crippen molar-refractivity contribution < 1.29 is 19.0 Å². The maximum absolute atomic E-state index is 13.5. The molecule has 5 nitrogen and oxygen atoms in total. The molecule has 1 aromatic heterocycles. The van der Waals surface area contributed by atoms with Crippen LogP contribution in [0, 0.1) is 11.6 Å². The Hall–Kier alpha value is -1.47. The van der Waals surface area contributed by atoms with Crippen molar-refractivity contribution in [3.8, 4) is 0 Å². The van der Waals surface area contributed by atoms with Crippen LogP contribution in [0.5, 0.6) is 0 Å².